The molecule has 0 saturated heterocycles. The Hall–Kier alpha value is -3.80. The second kappa shape index (κ2) is 7.67. The lowest BCUT2D eigenvalue weighted by molar-refractivity contribution is 0.0737. The van der Waals surface area contributed by atoms with Crippen LogP contribution in [0.5, 0.6) is 11.6 Å². The Balaban J connectivity index is 1.90. The summed E-state index contributed by atoms with van der Waals surface area (Å²) in [5, 5.41) is 1.09. The quantitative estimate of drug-likeness (QED) is 0.345. The van der Waals surface area contributed by atoms with Crippen LogP contribution in [0, 0.1) is 11.6 Å². The standard InChI is InChI=1S/C23H15F2NO3/c1-28-22-16-8-5-9-20(29-23(27)14-6-3-2-4-7-14)21(16)17(13-26-22)15-10-11-18(24)19(25)12-15/h2-13H,1H3. The molecule has 0 fully saturated rings. The van der Waals surface area contributed by atoms with E-state index in [2.05, 4.69) is 4.98 Å². The maximum absolute atomic E-state index is 13.8. The number of hydrogen-bond acceptors (Lipinski definition) is 4. The predicted molar refractivity (Wildman–Crippen MR) is 105 cm³/mol. The van der Waals surface area contributed by atoms with Crippen LogP contribution in [0.1, 0.15) is 10.4 Å². The molecule has 1 aromatic heterocycles. The van der Waals surface area contributed by atoms with E-state index in [9.17, 15) is 13.6 Å². The topological polar surface area (TPSA) is 48.4 Å². The highest BCUT2D eigenvalue weighted by Crippen LogP contribution is 2.39. The first-order valence-corrected chi connectivity index (χ1v) is 8.77. The van der Waals surface area contributed by atoms with Crippen molar-refractivity contribution >= 4 is 16.7 Å². The number of ether oxygens (including phenoxy) is 2. The number of nitrogens with zero attached hydrogens (tertiary/aromatic N) is 1. The van der Waals surface area contributed by atoms with E-state index in [1.54, 1.807) is 48.5 Å². The van der Waals surface area contributed by atoms with Gasteiger partial charge in [0.25, 0.3) is 0 Å². The van der Waals surface area contributed by atoms with Crippen molar-refractivity contribution in [2.45, 2.75) is 0 Å². The van der Waals surface area contributed by atoms with Gasteiger partial charge in [-0.15, -0.1) is 0 Å². The zero-order valence-electron chi connectivity index (χ0n) is 15.4. The van der Waals surface area contributed by atoms with E-state index in [-0.39, 0.29) is 5.75 Å². The Morgan fingerprint density at radius 1 is 0.931 bits per heavy atom. The third kappa shape index (κ3) is 3.52. The molecule has 0 radical (unpaired) electrons. The van der Waals surface area contributed by atoms with Gasteiger partial charge in [0.15, 0.2) is 11.6 Å². The van der Waals surface area contributed by atoms with E-state index >= 15 is 0 Å². The molecule has 4 rings (SSSR count). The Kier molecular flexibility index (Phi) is 4.91. The molecule has 0 spiro atoms. The van der Waals surface area contributed by atoms with Gasteiger partial charge in [-0.05, 0) is 42.0 Å². The van der Waals surface area contributed by atoms with E-state index in [4.69, 9.17) is 9.47 Å². The van der Waals surface area contributed by atoms with Crippen molar-refractivity contribution in [3.8, 4) is 22.8 Å². The fourth-order valence-corrected chi connectivity index (χ4v) is 3.11. The minimum Gasteiger partial charge on any atom is -0.481 e. The van der Waals surface area contributed by atoms with Gasteiger partial charge in [-0.3, -0.25) is 0 Å². The molecule has 4 aromatic rings. The third-order valence-corrected chi connectivity index (χ3v) is 4.47. The predicted octanol–water partition coefficient (Wildman–Crippen LogP) is 5.41. The molecular weight excluding hydrogens is 376 g/mol. The van der Waals surface area contributed by atoms with Crippen LogP contribution in [0.3, 0.4) is 0 Å². The van der Waals surface area contributed by atoms with E-state index in [1.165, 1.54) is 19.4 Å². The number of hydrogen-bond donors (Lipinski definition) is 0. The molecule has 0 aliphatic rings. The summed E-state index contributed by atoms with van der Waals surface area (Å²) < 4.78 is 38.2. The molecule has 6 heteroatoms. The molecule has 1 heterocycles. The lowest BCUT2D eigenvalue weighted by Gasteiger charge is -2.14. The Morgan fingerprint density at radius 2 is 1.72 bits per heavy atom. The highest BCUT2D eigenvalue weighted by atomic mass is 19.2. The fourth-order valence-electron chi connectivity index (χ4n) is 3.11. The van der Waals surface area contributed by atoms with Crippen LogP contribution >= 0.6 is 0 Å². The van der Waals surface area contributed by atoms with Gasteiger partial charge in [-0.1, -0.05) is 30.3 Å². The lowest BCUT2D eigenvalue weighted by atomic mass is 9.99. The molecule has 29 heavy (non-hydrogen) atoms. The number of carbonyl (C=O) groups excluding carboxylic acids is 1. The molecule has 0 amide bonds. The summed E-state index contributed by atoms with van der Waals surface area (Å²) in [5.41, 5.74) is 1.27. The van der Waals surface area contributed by atoms with Crippen molar-refractivity contribution < 1.29 is 23.0 Å². The van der Waals surface area contributed by atoms with Gasteiger partial charge in [-0.2, -0.15) is 0 Å². The second-order valence-electron chi connectivity index (χ2n) is 6.24. The van der Waals surface area contributed by atoms with Gasteiger partial charge in [0, 0.05) is 22.5 Å². The van der Waals surface area contributed by atoms with Gasteiger partial charge in [-0.25, -0.2) is 18.6 Å². The molecule has 0 unspecified atom stereocenters. The average molecular weight is 391 g/mol. The van der Waals surface area contributed by atoms with Crippen molar-refractivity contribution in [3.05, 3.63) is 90.1 Å². The molecule has 0 aliphatic carbocycles. The highest BCUT2D eigenvalue weighted by Gasteiger charge is 2.18. The van der Waals surface area contributed by atoms with Crippen LogP contribution < -0.4 is 9.47 Å². The SMILES string of the molecule is COc1ncc(-c2ccc(F)c(F)c2)c2c(OC(=O)c3ccccc3)cccc12. The maximum atomic E-state index is 13.8. The van der Waals surface area contributed by atoms with E-state index in [0.717, 1.165) is 12.1 Å². The summed E-state index contributed by atoms with van der Waals surface area (Å²) in [7, 11) is 1.47. The summed E-state index contributed by atoms with van der Waals surface area (Å²) in [6, 6.07) is 17.2. The summed E-state index contributed by atoms with van der Waals surface area (Å²) in [4.78, 5) is 16.8. The molecule has 0 aliphatic heterocycles. The van der Waals surface area contributed by atoms with Crippen molar-refractivity contribution in [1.82, 2.24) is 4.98 Å². The smallest absolute Gasteiger partial charge is 0.343 e. The van der Waals surface area contributed by atoms with Crippen LogP contribution in [-0.2, 0) is 0 Å². The summed E-state index contributed by atoms with van der Waals surface area (Å²) >= 11 is 0. The molecule has 0 bridgehead atoms. The first kappa shape index (κ1) is 18.6. The van der Waals surface area contributed by atoms with Crippen molar-refractivity contribution in [2.24, 2.45) is 0 Å². The normalized spacial score (nSPS) is 10.7. The van der Waals surface area contributed by atoms with Gasteiger partial charge in [0.05, 0.1) is 12.7 Å². The van der Waals surface area contributed by atoms with Crippen LogP contribution in [0.2, 0.25) is 0 Å². The van der Waals surface area contributed by atoms with Crippen LogP contribution in [-0.4, -0.2) is 18.1 Å². The van der Waals surface area contributed by atoms with Crippen LogP contribution in [0.25, 0.3) is 21.9 Å². The van der Waals surface area contributed by atoms with E-state index in [1.807, 2.05) is 0 Å². The number of aromatic nitrogens is 1. The number of methoxy groups -OCH3 is 1. The summed E-state index contributed by atoms with van der Waals surface area (Å²) in [6.07, 6.45) is 1.48. The number of benzene rings is 3. The Bertz CT molecular complexity index is 1210. The van der Waals surface area contributed by atoms with Crippen LogP contribution in [0.15, 0.2) is 72.9 Å². The first-order valence-electron chi connectivity index (χ1n) is 8.77. The van der Waals surface area contributed by atoms with Crippen molar-refractivity contribution in [1.29, 1.82) is 0 Å². The Morgan fingerprint density at radius 3 is 2.45 bits per heavy atom. The summed E-state index contributed by atoms with van der Waals surface area (Å²) in [6.45, 7) is 0. The zero-order valence-corrected chi connectivity index (χ0v) is 15.4. The average Bonchev–Trinajstić information content (AvgIpc) is 2.75. The second-order valence-corrected chi connectivity index (χ2v) is 6.24. The van der Waals surface area contributed by atoms with Gasteiger partial charge in [0.2, 0.25) is 5.88 Å². The van der Waals surface area contributed by atoms with E-state index < -0.39 is 17.6 Å². The molecular formula is C23H15F2NO3. The molecule has 0 saturated carbocycles. The molecule has 0 atom stereocenters. The minimum atomic E-state index is -0.981. The maximum Gasteiger partial charge on any atom is 0.343 e. The van der Waals surface area contributed by atoms with Crippen LogP contribution in [0.4, 0.5) is 8.78 Å². The monoisotopic (exact) mass is 391 g/mol. The fraction of sp³-hybridized carbons (Fsp3) is 0.0435. The highest BCUT2D eigenvalue weighted by molar-refractivity contribution is 6.04. The van der Waals surface area contributed by atoms with E-state index in [0.29, 0.717) is 33.3 Å². The van der Waals surface area contributed by atoms with Crippen molar-refractivity contribution in [3.63, 3.8) is 0 Å². The number of esters is 1. The molecule has 4 nitrogen and oxygen atoms in total. The van der Waals surface area contributed by atoms with Crippen molar-refractivity contribution in [2.75, 3.05) is 7.11 Å². The molecule has 144 valence electrons. The molecule has 3 aromatic carbocycles. The minimum absolute atomic E-state index is 0.261. The number of rotatable bonds is 4. The van der Waals surface area contributed by atoms with Gasteiger partial charge < -0.3 is 9.47 Å². The van der Waals surface area contributed by atoms with Gasteiger partial charge in [0.1, 0.15) is 5.75 Å². The number of fused-ring (bicyclic) bond motifs is 1. The number of carbonyl (C=O) groups is 1. The third-order valence-electron chi connectivity index (χ3n) is 4.47. The first-order chi connectivity index (χ1) is 14.1. The lowest BCUT2D eigenvalue weighted by Crippen LogP contribution is -2.08. The van der Waals surface area contributed by atoms with Gasteiger partial charge >= 0.3 is 5.97 Å². The molecule has 0 N–H and O–H groups in total. The number of halogens is 2. The largest absolute Gasteiger partial charge is 0.481 e. The zero-order chi connectivity index (χ0) is 20.4. The number of pyridine rings is 1. The Labute approximate surface area is 165 Å². The summed E-state index contributed by atoms with van der Waals surface area (Å²) in [5.74, 6) is -1.88.